The van der Waals surface area contributed by atoms with Crippen LogP contribution >= 0.6 is 0 Å². The molecule has 1 N–H and O–H groups in total. The summed E-state index contributed by atoms with van der Waals surface area (Å²) in [5.74, 6) is 0.970. The van der Waals surface area contributed by atoms with Crippen LogP contribution in [0.2, 0.25) is 0 Å². The Morgan fingerprint density at radius 1 is 1.42 bits per heavy atom. The number of nitrogens with one attached hydrogen (secondary N) is 1. The number of pyridine rings is 1. The lowest BCUT2D eigenvalue weighted by Crippen LogP contribution is -2.57. The molecule has 1 saturated heterocycles. The average molecular weight is 263 g/mol. The van der Waals surface area contributed by atoms with Crippen molar-refractivity contribution < 1.29 is 4.74 Å². The Morgan fingerprint density at radius 2 is 2.16 bits per heavy atom. The highest BCUT2D eigenvalue weighted by Gasteiger charge is 2.30. The molecule has 0 radical (unpaired) electrons. The first-order chi connectivity index (χ1) is 8.95. The molecule has 1 aromatic heterocycles. The largest absolute Gasteiger partial charge is 0.496 e. The predicted molar refractivity (Wildman–Crippen MR) is 77.6 cm³/mol. The van der Waals surface area contributed by atoms with Crippen molar-refractivity contribution in [2.45, 2.75) is 39.8 Å². The summed E-state index contributed by atoms with van der Waals surface area (Å²) in [6.45, 7) is 12.7. The minimum Gasteiger partial charge on any atom is -0.496 e. The summed E-state index contributed by atoms with van der Waals surface area (Å²) in [5.41, 5.74) is 3.56. The SMILES string of the molecule is COc1c(C)cnc(CN2CCNCC2(C)C)c1C. The van der Waals surface area contributed by atoms with E-state index in [0.29, 0.717) is 0 Å². The maximum absolute atomic E-state index is 5.49. The first-order valence-electron chi connectivity index (χ1n) is 6.90. The van der Waals surface area contributed by atoms with E-state index >= 15 is 0 Å². The van der Waals surface area contributed by atoms with Gasteiger partial charge < -0.3 is 10.1 Å². The van der Waals surface area contributed by atoms with Crippen LogP contribution in [0.5, 0.6) is 5.75 Å². The Hall–Kier alpha value is -1.13. The molecule has 0 aromatic carbocycles. The Kier molecular flexibility index (Phi) is 4.11. The molecule has 2 rings (SSSR count). The van der Waals surface area contributed by atoms with Crippen molar-refractivity contribution in [3.8, 4) is 5.75 Å². The molecule has 1 fully saturated rings. The van der Waals surface area contributed by atoms with Gasteiger partial charge in [-0.3, -0.25) is 9.88 Å². The number of rotatable bonds is 3. The number of piperazine rings is 1. The molecule has 4 nitrogen and oxygen atoms in total. The summed E-state index contributed by atoms with van der Waals surface area (Å²) in [6, 6.07) is 0. The minimum atomic E-state index is 0.171. The maximum Gasteiger partial charge on any atom is 0.128 e. The zero-order valence-electron chi connectivity index (χ0n) is 12.7. The normalized spacial score (nSPS) is 19.4. The zero-order chi connectivity index (χ0) is 14.0. The summed E-state index contributed by atoms with van der Waals surface area (Å²) < 4.78 is 5.49. The molecule has 0 amide bonds. The van der Waals surface area contributed by atoms with Gasteiger partial charge in [0.25, 0.3) is 0 Å². The number of aromatic nitrogens is 1. The molecular formula is C15H25N3O. The van der Waals surface area contributed by atoms with Gasteiger partial charge in [0.2, 0.25) is 0 Å². The topological polar surface area (TPSA) is 37.4 Å². The number of hydrogen-bond donors (Lipinski definition) is 1. The van der Waals surface area contributed by atoms with E-state index in [2.05, 4.69) is 36.0 Å². The van der Waals surface area contributed by atoms with Gasteiger partial charge in [0.05, 0.1) is 12.8 Å². The lowest BCUT2D eigenvalue weighted by atomic mass is 9.99. The number of methoxy groups -OCH3 is 1. The fraction of sp³-hybridized carbons (Fsp3) is 0.667. The molecule has 0 bridgehead atoms. The van der Waals surface area contributed by atoms with Crippen LogP contribution in [0.15, 0.2) is 6.20 Å². The van der Waals surface area contributed by atoms with Crippen LogP contribution in [-0.4, -0.2) is 42.2 Å². The minimum absolute atomic E-state index is 0.171. The van der Waals surface area contributed by atoms with Crippen LogP contribution in [0.1, 0.15) is 30.7 Å². The molecule has 0 aliphatic carbocycles. The molecule has 0 unspecified atom stereocenters. The number of nitrogens with zero attached hydrogens (tertiary/aromatic N) is 2. The van der Waals surface area contributed by atoms with E-state index < -0.39 is 0 Å². The van der Waals surface area contributed by atoms with Crippen LogP contribution in [0.4, 0.5) is 0 Å². The molecule has 1 aromatic rings. The highest BCUT2D eigenvalue weighted by molar-refractivity contribution is 5.41. The van der Waals surface area contributed by atoms with Crippen molar-refractivity contribution in [3.63, 3.8) is 0 Å². The van der Waals surface area contributed by atoms with Gasteiger partial charge in [-0.1, -0.05) is 0 Å². The van der Waals surface area contributed by atoms with Gasteiger partial charge >= 0.3 is 0 Å². The van der Waals surface area contributed by atoms with Crippen LogP contribution in [0.3, 0.4) is 0 Å². The summed E-state index contributed by atoms with van der Waals surface area (Å²) in [4.78, 5) is 7.10. The highest BCUT2D eigenvalue weighted by atomic mass is 16.5. The third-order valence-electron chi connectivity index (χ3n) is 4.06. The van der Waals surface area contributed by atoms with E-state index in [1.165, 1.54) is 0 Å². The standard InChI is InChI=1S/C15H25N3O/c1-11-8-17-13(12(2)14(11)19-5)9-18-7-6-16-10-15(18,3)4/h8,16H,6-7,9-10H2,1-5H3. The third kappa shape index (κ3) is 2.90. The monoisotopic (exact) mass is 263 g/mol. The first-order valence-corrected chi connectivity index (χ1v) is 6.90. The second-order valence-corrected chi connectivity index (χ2v) is 5.96. The molecular weight excluding hydrogens is 238 g/mol. The van der Waals surface area contributed by atoms with Crippen LogP contribution in [0, 0.1) is 13.8 Å². The second-order valence-electron chi connectivity index (χ2n) is 5.96. The van der Waals surface area contributed by atoms with Crippen LogP contribution < -0.4 is 10.1 Å². The van der Waals surface area contributed by atoms with Crippen LogP contribution in [-0.2, 0) is 6.54 Å². The van der Waals surface area contributed by atoms with E-state index in [1.54, 1.807) is 7.11 Å². The number of aryl methyl sites for hydroxylation is 1. The fourth-order valence-corrected chi connectivity index (χ4v) is 2.73. The molecule has 1 aliphatic heterocycles. The molecule has 1 aliphatic rings. The average Bonchev–Trinajstić information content (AvgIpc) is 2.35. The van der Waals surface area contributed by atoms with Gasteiger partial charge in [0, 0.05) is 49.0 Å². The van der Waals surface area contributed by atoms with Gasteiger partial charge in [0.15, 0.2) is 0 Å². The Labute approximate surface area is 116 Å². The Balaban J connectivity index is 2.24. The summed E-state index contributed by atoms with van der Waals surface area (Å²) in [5, 5.41) is 3.45. The molecule has 2 heterocycles. The molecule has 0 atom stereocenters. The smallest absolute Gasteiger partial charge is 0.128 e. The Morgan fingerprint density at radius 3 is 2.79 bits per heavy atom. The van der Waals surface area contributed by atoms with E-state index in [1.807, 2.05) is 13.1 Å². The predicted octanol–water partition coefficient (Wildman–Crippen LogP) is 1.89. The fourth-order valence-electron chi connectivity index (χ4n) is 2.73. The van der Waals surface area contributed by atoms with E-state index in [0.717, 1.165) is 48.7 Å². The quantitative estimate of drug-likeness (QED) is 0.903. The third-order valence-corrected chi connectivity index (χ3v) is 4.06. The zero-order valence-corrected chi connectivity index (χ0v) is 12.7. The molecule has 0 spiro atoms. The molecule has 19 heavy (non-hydrogen) atoms. The van der Waals surface area contributed by atoms with Gasteiger partial charge in [-0.15, -0.1) is 0 Å². The van der Waals surface area contributed by atoms with Crippen molar-refractivity contribution in [1.82, 2.24) is 15.2 Å². The molecule has 106 valence electrons. The second kappa shape index (κ2) is 5.47. The first kappa shape index (κ1) is 14.3. The lowest BCUT2D eigenvalue weighted by Gasteiger charge is -2.42. The summed E-state index contributed by atoms with van der Waals surface area (Å²) in [6.07, 6.45) is 1.91. The van der Waals surface area contributed by atoms with Gasteiger partial charge in [-0.25, -0.2) is 0 Å². The lowest BCUT2D eigenvalue weighted by molar-refractivity contribution is 0.0811. The van der Waals surface area contributed by atoms with Gasteiger partial charge in [-0.05, 0) is 27.7 Å². The number of ether oxygens (including phenoxy) is 1. The summed E-state index contributed by atoms with van der Waals surface area (Å²) >= 11 is 0. The van der Waals surface area contributed by atoms with E-state index in [9.17, 15) is 0 Å². The van der Waals surface area contributed by atoms with Crippen molar-refractivity contribution in [2.24, 2.45) is 0 Å². The number of hydrogen-bond acceptors (Lipinski definition) is 4. The van der Waals surface area contributed by atoms with E-state index in [4.69, 9.17) is 4.74 Å². The van der Waals surface area contributed by atoms with E-state index in [-0.39, 0.29) is 5.54 Å². The van der Waals surface area contributed by atoms with Crippen molar-refractivity contribution in [3.05, 3.63) is 23.0 Å². The van der Waals surface area contributed by atoms with Crippen molar-refractivity contribution in [2.75, 3.05) is 26.7 Å². The summed E-state index contributed by atoms with van der Waals surface area (Å²) in [7, 11) is 1.73. The molecule has 4 heteroatoms. The maximum atomic E-state index is 5.49. The molecule has 0 saturated carbocycles. The van der Waals surface area contributed by atoms with Gasteiger partial charge in [0.1, 0.15) is 5.75 Å². The van der Waals surface area contributed by atoms with Gasteiger partial charge in [-0.2, -0.15) is 0 Å². The van der Waals surface area contributed by atoms with Crippen molar-refractivity contribution >= 4 is 0 Å². The highest BCUT2D eigenvalue weighted by Crippen LogP contribution is 2.26. The van der Waals surface area contributed by atoms with Crippen molar-refractivity contribution in [1.29, 1.82) is 0 Å². The Bertz CT molecular complexity index is 457. The van der Waals surface area contributed by atoms with Crippen LogP contribution in [0.25, 0.3) is 0 Å².